The summed E-state index contributed by atoms with van der Waals surface area (Å²) >= 11 is 0. The minimum Gasteiger partial charge on any atom is -0.493 e. The van der Waals surface area contributed by atoms with Crippen molar-refractivity contribution in [3.63, 3.8) is 0 Å². The van der Waals surface area contributed by atoms with Crippen LogP contribution in [0, 0.1) is 0 Å². The summed E-state index contributed by atoms with van der Waals surface area (Å²) in [6.07, 6.45) is 0.788. The number of amides is 1. The summed E-state index contributed by atoms with van der Waals surface area (Å²) in [7, 11) is 3.21. The molecule has 0 aliphatic heterocycles. The lowest BCUT2D eigenvalue weighted by atomic mass is 10.2. The second kappa shape index (κ2) is 8.37. The second-order valence-corrected chi connectivity index (χ2v) is 3.90. The van der Waals surface area contributed by atoms with Crippen molar-refractivity contribution in [3.05, 3.63) is 23.8 Å². The van der Waals surface area contributed by atoms with Gasteiger partial charge in [-0.25, -0.2) is 0 Å². The molecule has 0 aliphatic rings. The Balaban J connectivity index is 2.66. The summed E-state index contributed by atoms with van der Waals surface area (Å²) in [5.41, 5.74) is 0.557. The first-order valence-corrected chi connectivity index (χ1v) is 6.30. The molecule has 0 aliphatic carbocycles. The van der Waals surface area contributed by atoms with Crippen molar-refractivity contribution in [1.29, 1.82) is 0 Å². The van der Waals surface area contributed by atoms with Gasteiger partial charge in [-0.2, -0.15) is 0 Å². The Morgan fingerprint density at radius 1 is 1.26 bits per heavy atom. The first-order chi connectivity index (χ1) is 9.22. The lowest BCUT2D eigenvalue weighted by molar-refractivity contribution is 0.0948. The Morgan fingerprint density at radius 2 is 2.05 bits per heavy atom. The van der Waals surface area contributed by atoms with Gasteiger partial charge in [-0.3, -0.25) is 4.79 Å². The molecule has 0 aromatic heterocycles. The van der Waals surface area contributed by atoms with Gasteiger partial charge in [0.25, 0.3) is 5.91 Å². The third-order valence-corrected chi connectivity index (χ3v) is 2.54. The summed E-state index contributed by atoms with van der Waals surface area (Å²) in [5.74, 6) is 1.08. The summed E-state index contributed by atoms with van der Waals surface area (Å²) in [4.78, 5) is 11.9. The van der Waals surface area contributed by atoms with Gasteiger partial charge in [0.1, 0.15) is 0 Å². The van der Waals surface area contributed by atoms with E-state index in [4.69, 9.17) is 14.2 Å². The summed E-state index contributed by atoms with van der Waals surface area (Å²) in [5, 5.41) is 2.83. The molecule has 0 heterocycles. The summed E-state index contributed by atoms with van der Waals surface area (Å²) in [6, 6.07) is 5.13. The Hall–Kier alpha value is -1.75. The van der Waals surface area contributed by atoms with Gasteiger partial charge < -0.3 is 19.5 Å². The van der Waals surface area contributed by atoms with Crippen LogP contribution in [0.1, 0.15) is 23.7 Å². The van der Waals surface area contributed by atoms with Gasteiger partial charge in [-0.15, -0.1) is 0 Å². The van der Waals surface area contributed by atoms with E-state index in [1.54, 1.807) is 32.4 Å². The topological polar surface area (TPSA) is 56.8 Å². The average Bonchev–Trinajstić information content (AvgIpc) is 2.43. The normalized spacial score (nSPS) is 10.1. The number of carbonyl (C=O) groups is 1. The fourth-order valence-electron chi connectivity index (χ4n) is 1.61. The van der Waals surface area contributed by atoms with E-state index in [2.05, 4.69) is 5.32 Å². The monoisotopic (exact) mass is 267 g/mol. The van der Waals surface area contributed by atoms with Crippen molar-refractivity contribution in [1.82, 2.24) is 5.32 Å². The predicted molar refractivity (Wildman–Crippen MR) is 73.0 cm³/mol. The van der Waals surface area contributed by atoms with E-state index in [1.807, 2.05) is 6.92 Å². The van der Waals surface area contributed by atoms with E-state index >= 15 is 0 Å². The number of benzene rings is 1. The van der Waals surface area contributed by atoms with Gasteiger partial charge in [0.15, 0.2) is 11.5 Å². The highest BCUT2D eigenvalue weighted by atomic mass is 16.5. The van der Waals surface area contributed by atoms with E-state index < -0.39 is 0 Å². The van der Waals surface area contributed by atoms with Crippen LogP contribution in [0.4, 0.5) is 0 Å². The fourth-order valence-corrected chi connectivity index (χ4v) is 1.61. The molecular weight excluding hydrogens is 246 g/mol. The average molecular weight is 267 g/mol. The highest BCUT2D eigenvalue weighted by Crippen LogP contribution is 2.27. The molecule has 0 saturated carbocycles. The molecule has 1 rings (SSSR count). The molecule has 0 fully saturated rings. The van der Waals surface area contributed by atoms with E-state index in [1.165, 1.54) is 0 Å². The zero-order valence-electron chi connectivity index (χ0n) is 11.7. The van der Waals surface area contributed by atoms with Gasteiger partial charge in [-0.1, -0.05) is 0 Å². The summed E-state index contributed by atoms with van der Waals surface area (Å²) < 4.78 is 15.5. The van der Waals surface area contributed by atoms with Crippen LogP contribution >= 0.6 is 0 Å². The van der Waals surface area contributed by atoms with E-state index in [0.717, 1.165) is 6.42 Å². The highest BCUT2D eigenvalue weighted by Gasteiger charge is 2.10. The van der Waals surface area contributed by atoms with Gasteiger partial charge in [0, 0.05) is 25.8 Å². The molecule has 0 bridgehead atoms. The third-order valence-electron chi connectivity index (χ3n) is 2.54. The van der Waals surface area contributed by atoms with E-state index in [-0.39, 0.29) is 5.91 Å². The third kappa shape index (κ3) is 4.79. The standard InChI is InChI=1S/C14H21NO4/c1-4-19-13-10-11(6-7-12(13)18-3)14(16)15-8-5-9-17-2/h6-7,10H,4-5,8-9H2,1-3H3,(H,15,16). The molecule has 1 aromatic rings. The van der Waals surface area contributed by atoms with Gasteiger partial charge in [0.05, 0.1) is 13.7 Å². The van der Waals surface area contributed by atoms with Crippen LogP contribution in [0.15, 0.2) is 18.2 Å². The van der Waals surface area contributed by atoms with Crippen molar-refractivity contribution in [2.75, 3.05) is 34.0 Å². The number of carbonyl (C=O) groups excluding carboxylic acids is 1. The van der Waals surface area contributed by atoms with Crippen LogP contribution in [-0.2, 0) is 4.74 Å². The molecule has 5 heteroatoms. The van der Waals surface area contributed by atoms with Crippen LogP contribution in [0.25, 0.3) is 0 Å². The lowest BCUT2D eigenvalue weighted by Crippen LogP contribution is -2.25. The number of ether oxygens (including phenoxy) is 3. The van der Waals surface area contributed by atoms with Gasteiger partial charge in [0.2, 0.25) is 0 Å². The predicted octanol–water partition coefficient (Wildman–Crippen LogP) is 1.86. The fraction of sp³-hybridized carbons (Fsp3) is 0.500. The van der Waals surface area contributed by atoms with Crippen LogP contribution in [0.3, 0.4) is 0 Å². The molecule has 1 aromatic carbocycles. The maximum absolute atomic E-state index is 11.9. The number of nitrogens with one attached hydrogen (secondary N) is 1. The first kappa shape index (κ1) is 15.3. The van der Waals surface area contributed by atoms with E-state index in [0.29, 0.717) is 36.8 Å². The molecule has 1 amide bonds. The van der Waals surface area contributed by atoms with Gasteiger partial charge >= 0.3 is 0 Å². The molecule has 1 N–H and O–H groups in total. The highest BCUT2D eigenvalue weighted by molar-refractivity contribution is 5.94. The molecule has 106 valence electrons. The molecule has 19 heavy (non-hydrogen) atoms. The Bertz CT molecular complexity index is 406. The number of hydrogen-bond acceptors (Lipinski definition) is 4. The molecule has 5 nitrogen and oxygen atoms in total. The Morgan fingerprint density at radius 3 is 2.68 bits per heavy atom. The molecule has 0 radical (unpaired) electrons. The minimum absolute atomic E-state index is 0.125. The second-order valence-electron chi connectivity index (χ2n) is 3.90. The molecule has 0 saturated heterocycles. The number of methoxy groups -OCH3 is 2. The minimum atomic E-state index is -0.125. The van der Waals surface area contributed by atoms with Crippen LogP contribution in [0.5, 0.6) is 11.5 Å². The first-order valence-electron chi connectivity index (χ1n) is 6.30. The van der Waals surface area contributed by atoms with Crippen LogP contribution < -0.4 is 14.8 Å². The molecular formula is C14H21NO4. The van der Waals surface area contributed by atoms with Gasteiger partial charge in [-0.05, 0) is 31.5 Å². The Kier molecular flexibility index (Phi) is 6.74. The van der Waals surface area contributed by atoms with Crippen molar-refractivity contribution >= 4 is 5.91 Å². The van der Waals surface area contributed by atoms with Crippen molar-refractivity contribution < 1.29 is 19.0 Å². The molecule has 0 unspecified atom stereocenters. The largest absolute Gasteiger partial charge is 0.493 e. The lowest BCUT2D eigenvalue weighted by Gasteiger charge is -2.11. The maximum Gasteiger partial charge on any atom is 0.251 e. The zero-order valence-corrected chi connectivity index (χ0v) is 11.7. The van der Waals surface area contributed by atoms with Crippen LogP contribution in [-0.4, -0.2) is 39.9 Å². The van der Waals surface area contributed by atoms with E-state index in [9.17, 15) is 4.79 Å². The molecule has 0 atom stereocenters. The Labute approximate surface area is 113 Å². The quantitative estimate of drug-likeness (QED) is 0.730. The van der Waals surface area contributed by atoms with Crippen molar-refractivity contribution in [3.8, 4) is 11.5 Å². The SMILES string of the molecule is CCOc1cc(C(=O)NCCCOC)ccc1OC. The zero-order chi connectivity index (χ0) is 14.1. The number of hydrogen-bond donors (Lipinski definition) is 1. The smallest absolute Gasteiger partial charge is 0.251 e. The van der Waals surface area contributed by atoms with Crippen LogP contribution in [0.2, 0.25) is 0 Å². The molecule has 0 spiro atoms. The summed E-state index contributed by atoms with van der Waals surface area (Å²) in [6.45, 7) is 3.63. The maximum atomic E-state index is 11.9. The van der Waals surface area contributed by atoms with Crippen molar-refractivity contribution in [2.45, 2.75) is 13.3 Å². The number of rotatable bonds is 8. The van der Waals surface area contributed by atoms with Crippen molar-refractivity contribution in [2.24, 2.45) is 0 Å².